The van der Waals surface area contributed by atoms with E-state index >= 15 is 0 Å². The van der Waals surface area contributed by atoms with Gasteiger partial charge in [-0.25, -0.2) is 9.48 Å². The van der Waals surface area contributed by atoms with Gasteiger partial charge in [-0.2, -0.15) is 0 Å². The topological polar surface area (TPSA) is 132 Å². The fourth-order valence-electron chi connectivity index (χ4n) is 3.69. The van der Waals surface area contributed by atoms with E-state index in [9.17, 15) is 23.7 Å². The number of carbonyl (C=O) groups is 1. The molecule has 1 unspecified atom stereocenters. The van der Waals surface area contributed by atoms with Gasteiger partial charge in [-0.1, -0.05) is 12.1 Å². The lowest BCUT2D eigenvalue weighted by Gasteiger charge is -2.19. The number of hydrogen-bond acceptors (Lipinski definition) is 7. The van der Waals surface area contributed by atoms with Gasteiger partial charge in [0.05, 0.1) is 24.9 Å². The van der Waals surface area contributed by atoms with Gasteiger partial charge in [0.15, 0.2) is 5.75 Å². The number of hydrogen-bond donors (Lipinski definition) is 3. The van der Waals surface area contributed by atoms with Gasteiger partial charge in [0.2, 0.25) is 0 Å². The summed E-state index contributed by atoms with van der Waals surface area (Å²) in [5, 5.41) is 16.1. The minimum absolute atomic E-state index is 0.0179. The van der Waals surface area contributed by atoms with Gasteiger partial charge >= 0.3 is 0 Å². The summed E-state index contributed by atoms with van der Waals surface area (Å²) in [4.78, 5) is 30.0. The summed E-state index contributed by atoms with van der Waals surface area (Å²) >= 11 is 0. The molecule has 1 atom stereocenters. The van der Waals surface area contributed by atoms with Crippen LogP contribution in [-0.2, 0) is 27.3 Å². The van der Waals surface area contributed by atoms with Crippen LogP contribution in [0.4, 0.5) is 4.39 Å². The van der Waals surface area contributed by atoms with E-state index in [2.05, 4.69) is 15.4 Å². The number of nitrogens with zero attached hydrogens (tertiary/aromatic N) is 2. The Labute approximate surface area is 208 Å². The summed E-state index contributed by atoms with van der Waals surface area (Å²) in [5.41, 5.74) is 0.868. The fourth-order valence-corrected chi connectivity index (χ4v) is 5.32. The smallest absolute Gasteiger partial charge is 0.271 e. The lowest BCUT2D eigenvalue weighted by atomic mass is 10.1. The second kappa shape index (κ2) is 12.2. The Hall–Kier alpha value is -3.11. The number of aromatic nitrogens is 2. The Morgan fingerprint density at radius 3 is 2.61 bits per heavy atom. The molecular weight excluding hydrogens is 490 g/mol. The van der Waals surface area contributed by atoms with Gasteiger partial charge in [-0.05, 0) is 42.7 Å². The second-order valence-corrected chi connectivity index (χ2v) is 10.4. The Kier molecular flexibility index (Phi) is 9.33. The lowest BCUT2D eigenvalue weighted by molar-refractivity contribution is 0.0951. The van der Waals surface area contributed by atoms with Crippen LogP contribution in [0.5, 0.6) is 5.75 Å². The highest BCUT2D eigenvalue weighted by Gasteiger charge is 2.25. The SMILES string of the molecule is CCOP(=O)(CCNC(=O)c1c(O)c2ncc(Cc3ccc(F)cc3)cc2n(C)c1=O)NCCOC. The molecule has 3 aromatic rings. The minimum Gasteiger partial charge on any atom is -0.505 e. The number of methoxy groups -OCH3 is 1. The maximum atomic E-state index is 13.2. The number of nitrogens with one attached hydrogen (secondary N) is 2. The van der Waals surface area contributed by atoms with Crippen molar-refractivity contribution in [2.75, 3.05) is 39.6 Å². The molecule has 36 heavy (non-hydrogen) atoms. The van der Waals surface area contributed by atoms with Crippen molar-refractivity contribution in [2.45, 2.75) is 13.3 Å². The molecule has 3 N–H and O–H groups in total. The number of benzene rings is 1. The van der Waals surface area contributed by atoms with Crippen LogP contribution in [-0.4, -0.2) is 60.1 Å². The molecule has 0 aliphatic rings. The minimum atomic E-state index is -3.23. The number of rotatable bonds is 12. The predicted molar refractivity (Wildman–Crippen MR) is 134 cm³/mol. The molecule has 0 saturated carbocycles. The first-order valence-corrected chi connectivity index (χ1v) is 13.2. The Bertz CT molecular complexity index is 1330. The number of ether oxygens (including phenoxy) is 1. The van der Waals surface area contributed by atoms with Gasteiger partial charge in [-0.3, -0.25) is 19.1 Å². The van der Waals surface area contributed by atoms with Crippen LogP contribution < -0.4 is 16.0 Å². The average Bonchev–Trinajstić information content (AvgIpc) is 2.84. The van der Waals surface area contributed by atoms with Crippen LogP contribution in [0.1, 0.15) is 28.4 Å². The van der Waals surface area contributed by atoms with E-state index in [0.717, 1.165) is 11.1 Å². The van der Waals surface area contributed by atoms with Crippen LogP contribution in [0.25, 0.3) is 11.0 Å². The van der Waals surface area contributed by atoms with Crippen molar-refractivity contribution in [2.24, 2.45) is 7.05 Å². The van der Waals surface area contributed by atoms with Crippen molar-refractivity contribution in [3.05, 3.63) is 69.4 Å². The van der Waals surface area contributed by atoms with E-state index in [-0.39, 0.29) is 30.6 Å². The van der Waals surface area contributed by atoms with Crippen molar-refractivity contribution >= 4 is 24.5 Å². The normalized spacial score (nSPS) is 13.0. The highest BCUT2D eigenvalue weighted by atomic mass is 31.2. The first-order valence-electron chi connectivity index (χ1n) is 11.4. The van der Waals surface area contributed by atoms with E-state index in [1.807, 2.05) is 0 Å². The summed E-state index contributed by atoms with van der Waals surface area (Å²) in [6.07, 6.45) is 1.95. The maximum Gasteiger partial charge on any atom is 0.271 e. The molecule has 0 aliphatic carbocycles. The first-order chi connectivity index (χ1) is 17.2. The average molecular weight is 520 g/mol. The fraction of sp³-hybridized carbons (Fsp3) is 0.375. The van der Waals surface area contributed by atoms with Crippen LogP contribution in [0, 0.1) is 5.82 Å². The molecule has 0 radical (unpaired) electrons. The molecule has 1 aromatic carbocycles. The van der Waals surface area contributed by atoms with Crippen molar-refractivity contribution in [3.63, 3.8) is 0 Å². The monoisotopic (exact) mass is 520 g/mol. The van der Waals surface area contributed by atoms with Crippen molar-refractivity contribution in [3.8, 4) is 5.75 Å². The zero-order valence-electron chi connectivity index (χ0n) is 20.4. The van der Waals surface area contributed by atoms with Gasteiger partial charge in [0, 0.05) is 33.4 Å². The molecular formula is C24H30FN4O6P. The van der Waals surface area contributed by atoms with Gasteiger partial charge < -0.3 is 24.3 Å². The van der Waals surface area contributed by atoms with Crippen LogP contribution >= 0.6 is 7.52 Å². The maximum absolute atomic E-state index is 13.2. The zero-order chi connectivity index (χ0) is 26.3. The van der Waals surface area contributed by atoms with Crippen LogP contribution in [0.15, 0.2) is 41.3 Å². The molecule has 12 heteroatoms. The highest BCUT2D eigenvalue weighted by Crippen LogP contribution is 2.41. The van der Waals surface area contributed by atoms with Crippen LogP contribution in [0.2, 0.25) is 0 Å². The molecule has 0 bridgehead atoms. The third-order valence-electron chi connectivity index (χ3n) is 5.50. The van der Waals surface area contributed by atoms with Gasteiger partial charge in [0.1, 0.15) is 16.9 Å². The summed E-state index contributed by atoms with van der Waals surface area (Å²) in [5.74, 6) is -1.69. The number of carbonyl (C=O) groups excluding carboxylic acids is 1. The van der Waals surface area contributed by atoms with E-state index in [0.29, 0.717) is 25.1 Å². The molecule has 0 saturated heterocycles. The third-order valence-corrected chi connectivity index (χ3v) is 7.70. The largest absolute Gasteiger partial charge is 0.505 e. The molecule has 2 aromatic heterocycles. The lowest BCUT2D eigenvalue weighted by Crippen LogP contribution is -2.35. The molecule has 2 heterocycles. The molecule has 1 amide bonds. The number of halogens is 1. The summed E-state index contributed by atoms with van der Waals surface area (Å²) in [7, 11) is -0.232. The molecule has 10 nitrogen and oxygen atoms in total. The number of fused-ring (bicyclic) bond motifs is 1. The van der Waals surface area contributed by atoms with Crippen molar-refractivity contribution in [1.82, 2.24) is 20.0 Å². The number of aromatic hydroxyl groups is 1. The number of pyridine rings is 2. The molecule has 0 fully saturated rings. The summed E-state index contributed by atoms with van der Waals surface area (Å²) < 4.78 is 37.6. The quantitative estimate of drug-likeness (QED) is 0.245. The first kappa shape index (κ1) is 27.5. The predicted octanol–water partition coefficient (Wildman–Crippen LogP) is 2.56. The molecule has 194 valence electrons. The van der Waals surface area contributed by atoms with Gasteiger partial charge in [0.25, 0.3) is 19.0 Å². The second-order valence-electron chi connectivity index (χ2n) is 8.07. The highest BCUT2D eigenvalue weighted by molar-refractivity contribution is 7.56. The third kappa shape index (κ3) is 6.55. The van der Waals surface area contributed by atoms with E-state index in [1.54, 1.807) is 25.1 Å². The molecule has 0 aliphatic heterocycles. The Morgan fingerprint density at radius 2 is 1.94 bits per heavy atom. The summed E-state index contributed by atoms with van der Waals surface area (Å²) in [6.45, 7) is 2.51. The molecule has 0 spiro atoms. The van der Waals surface area contributed by atoms with E-state index in [1.165, 1.54) is 37.1 Å². The summed E-state index contributed by atoms with van der Waals surface area (Å²) in [6, 6.07) is 7.72. The van der Waals surface area contributed by atoms with E-state index in [4.69, 9.17) is 9.26 Å². The molecule has 3 rings (SSSR count). The Morgan fingerprint density at radius 1 is 1.22 bits per heavy atom. The van der Waals surface area contributed by atoms with E-state index < -0.39 is 30.3 Å². The van der Waals surface area contributed by atoms with Crippen LogP contribution in [0.3, 0.4) is 0 Å². The van der Waals surface area contributed by atoms with Gasteiger partial charge in [-0.15, -0.1) is 0 Å². The van der Waals surface area contributed by atoms with Crippen molar-refractivity contribution < 1.29 is 28.1 Å². The number of amides is 1. The standard InChI is InChI=1S/C24H30FN4O6P/c1-4-35-36(33,28-9-11-34-3)12-10-26-23(31)20-22(30)21-19(29(2)24(20)32)14-17(15-27-21)13-16-5-7-18(25)8-6-16/h5-8,14-15,30H,4,9-13H2,1-3H3,(H,26,31)(H,28,33). The number of aryl methyl sites for hydroxylation is 1. The Balaban J connectivity index is 1.79. The van der Waals surface area contributed by atoms with Crippen molar-refractivity contribution in [1.29, 1.82) is 0 Å². The zero-order valence-corrected chi connectivity index (χ0v) is 21.3.